The van der Waals surface area contributed by atoms with Gasteiger partial charge in [0, 0.05) is 33.5 Å². The highest BCUT2D eigenvalue weighted by molar-refractivity contribution is 9.10. The van der Waals surface area contributed by atoms with Crippen molar-refractivity contribution >= 4 is 33.3 Å². The standard InChI is InChI=1S/C18H20BrN5O/c1-4-5-16-22-18-20-11(2)15(12(3)24(18)23-16)10-17(25)21-14-8-6-13(19)7-9-14/h6-9H,4-5,10H2,1-3H3,(H,21,25). The fourth-order valence-corrected chi connectivity index (χ4v) is 3.00. The van der Waals surface area contributed by atoms with E-state index in [9.17, 15) is 4.79 Å². The molecule has 2 heterocycles. The number of amides is 1. The minimum absolute atomic E-state index is 0.0800. The summed E-state index contributed by atoms with van der Waals surface area (Å²) in [5.41, 5.74) is 3.37. The Hall–Kier alpha value is -2.28. The van der Waals surface area contributed by atoms with Crippen LogP contribution in [0.15, 0.2) is 28.7 Å². The first-order chi connectivity index (χ1) is 12.0. The molecule has 0 atom stereocenters. The molecule has 6 nitrogen and oxygen atoms in total. The van der Waals surface area contributed by atoms with E-state index in [1.54, 1.807) is 4.52 Å². The van der Waals surface area contributed by atoms with E-state index in [1.807, 2.05) is 38.1 Å². The predicted molar refractivity (Wildman–Crippen MR) is 101 cm³/mol. The third-order valence-electron chi connectivity index (χ3n) is 4.03. The Labute approximate surface area is 154 Å². The number of fused-ring (bicyclic) bond motifs is 1. The molecule has 0 saturated carbocycles. The fraction of sp³-hybridized carbons (Fsp3) is 0.333. The predicted octanol–water partition coefficient (Wildman–Crippen LogP) is 3.64. The van der Waals surface area contributed by atoms with Crippen LogP contribution in [-0.2, 0) is 17.6 Å². The van der Waals surface area contributed by atoms with Crippen molar-refractivity contribution in [2.45, 2.75) is 40.0 Å². The SMILES string of the molecule is CCCc1nc2nc(C)c(CC(=O)Nc3ccc(Br)cc3)c(C)n2n1. The topological polar surface area (TPSA) is 72.2 Å². The quantitative estimate of drug-likeness (QED) is 0.708. The van der Waals surface area contributed by atoms with Crippen LogP contribution in [0.3, 0.4) is 0 Å². The number of anilines is 1. The number of aromatic nitrogens is 4. The second-order valence-corrected chi connectivity index (χ2v) is 6.90. The average Bonchev–Trinajstić information content (AvgIpc) is 2.97. The molecule has 25 heavy (non-hydrogen) atoms. The lowest BCUT2D eigenvalue weighted by atomic mass is 10.1. The maximum absolute atomic E-state index is 12.4. The second-order valence-electron chi connectivity index (χ2n) is 5.98. The molecule has 3 aromatic rings. The number of nitrogens with one attached hydrogen (secondary N) is 1. The van der Waals surface area contributed by atoms with Gasteiger partial charge in [0.2, 0.25) is 5.91 Å². The van der Waals surface area contributed by atoms with Crippen molar-refractivity contribution in [3.05, 3.63) is 51.5 Å². The zero-order chi connectivity index (χ0) is 18.0. The van der Waals surface area contributed by atoms with E-state index in [2.05, 4.69) is 43.2 Å². The Bertz CT molecular complexity index is 917. The van der Waals surface area contributed by atoms with E-state index >= 15 is 0 Å². The monoisotopic (exact) mass is 401 g/mol. The van der Waals surface area contributed by atoms with Crippen LogP contribution in [0.25, 0.3) is 5.78 Å². The molecule has 0 fully saturated rings. The number of aryl methyl sites for hydroxylation is 3. The second kappa shape index (κ2) is 7.31. The van der Waals surface area contributed by atoms with Crippen molar-refractivity contribution in [2.75, 3.05) is 5.32 Å². The lowest BCUT2D eigenvalue weighted by Crippen LogP contribution is -2.17. The maximum atomic E-state index is 12.4. The molecule has 1 N–H and O–H groups in total. The Kier molecular flexibility index (Phi) is 5.13. The van der Waals surface area contributed by atoms with E-state index in [-0.39, 0.29) is 12.3 Å². The van der Waals surface area contributed by atoms with Crippen molar-refractivity contribution in [1.82, 2.24) is 19.6 Å². The highest BCUT2D eigenvalue weighted by atomic mass is 79.9. The number of benzene rings is 1. The van der Waals surface area contributed by atoms with Gasteiger partial charge in [0.25, 0.3) is 5.78 Å². The first-order valence-corrected chi connectivity index (χ1v) is 9.04. The summed E-state index contributed by atoms with van der Waals surface area (Å²) in [6.07, 6.45) is 2.05. The van der Waals surface area contributed by atoms with E-state index < -0.39 is 0 Å². The third kappa shape index (κ3) is 3.87. The Morgan fingerprint density at radius 2 is 1.92 bits per heavy atom. The molecule has 3 rings (SSSR count). The highest BCUT2D eigenvalue weighted by Gasteiger charge is 2.16. The summed E-state index contributed by atoms with van der Waals surface area (Å²) in [5, 5.41) is 7.42. The summed E-state index contributed by atoms with van der Waals surface area (Å²) in [6, 6.07) is 7.50. The van der Waals surface area contributed by atoms with Crippen LogP contribution < -0.4 is 5.32 Å². The molecule has 7 heteroatoms. The number of hydrogen-bond donors (Lipinski definition) is 1. The summed E-state index contributed by atoms with van der Waals surface area (Å²) < 4.78 is 2.71. The molecule has 0 aliphatic carbocycles. The minimum atomic E-state index is -0.0800. The molecule has 0 unspecified atom stereocenters. The molecule has 0 aliphatic rings. The Morgan fingerprint density at radius 1 is 1.20 bits per heavy atom. The van der Waals surface area contributed by atoms with Gasteiger partial charge in [0.1, 0.15) is 0 Å². The summed E-state index contributed by atoms with van der Waals surface area (Å²) in [4.78, 5) is 21.4. The van der Waals surface area contributed by atoms with Crippen molar-refractivity contribution in [1.29, 1.82) is 0 Å². The number of rotatable bonds is 5. The van der Waals surface area contributed by atoms with Crippen molar-refractivity contribution < 1.29 is 4.79 Å². The molecular formula is C18H20BrN5O. The molecule has 2 aromatic heterocycles. The molecular weight excluding hydrogens is 382 g/mol. The van der Waals surface area contributed by atoms with Crippen LogP contribution >= 0.6 is 15.9 Å². The molecule has 0 bridgehead atoms. The van der Waals surface area contributed by atoms with E-state index in [4.69, 9.17) is 0 Å². The van der Waals surface area contributed by atoms with Crippen LogP contribution in [0, 0.1) is 13.8 Å². The number of nitrogens with zero attached hydrogens (tertiary/aromatic N) is 4. The Balaban J connectivity index is 1.84. The van der Waals surface area contributed by atoms with Gasteiger partial charge in [-0.25, -0.2) is 9.50 Å². The summed E-state index contributed by atoms with van der Waals surface area (Å²) >= 11 is 3.38. The Morgan fingerprint density at radius 3 is 2.60 bits per heavy atom. The summed E-state index contributed by atoms with van der Waals surface area (Å²) in [6.45, 7) is 5.95. The highest BCUT2D eigenvalue weighted by Crippen LogP contribution is 2.17. The average molecular weight is 402 g/mol. The van der Waals surface area contributed by atoms with Crippen LogP contribution in [-0.4, -0.2) is 25.5 Å². The normalized spacial score (nSPS) is 11.0. The number of halogens is 1. The van der Waals surface area contributed by atoms with Crippen molar-refractivity contribution in [3.8, 4) is 0 Å². The summed E-state index contributed by atoms with van der Waals surface area (Å²) in [5.74, 6) is 1.30. The number of carbonyl (C=O) groups is 1. The third-order valence-corrected chi connectivity index (χ3v) is 4.56. The maximum Gasteiger partial charge on any atom is 0.252 e. The van der Waals surface area contributed by atoms with E-state index in [1.165, 1.54) is 0 Å². The van der Waals surface area contributed by atoms with Gasteiger partial charge in [0.15, 0.2) is 5.82 Å². The summed E-state index contributed by atoms with van der Waals surface area (Å²) in [7, 11) is 0. The molecule has 1 amide bonds. The first kappa shape index (κ1) is 17.5. The fourth-order valence-electron chi connectivity index (χ4n) is 2.73. The number of hydrogen-bond acceptors (Lipinski definition) is 4. The van der Waals surface area contributed by atoms with Crippen LogP contribution in [0.2, 0.25) is 0 Å². The number of carbonyl (C=O) groups excluding carboxylic acids is 1. The smallest absolute Gasteiger partial charge is 0.252 e. The van der Waals surface area contributed by atoms with Gasteiger partial charge in [-0.2, -0.15) is 4.98 Å². The lowest BCUT2D eigenvalue weighted by molar-refractivity contribution is -0.115. The lowest BCUT2D eigenvalue weighted by Gasteiger charge is -2.11. The van der Waals surface area contributed by atoms with Gasteiger partial charge in [-0.05, 0) is 44.5 Å². The van der Waals surface area contributed by atoms with Crippen molar-refractivity contribution in [2.24, 2.45) is 0 Å². The molecule has 0 saturated heterocycles. The van der Waals surface area contributed by atoms with Gasteiger partial charge >= 0.3 is 0 Å². The molecule has 1 aromatic carbocycles. The molecule has 130 valence electrons. The molecule has 0 aliphatic heterocycles. The van der Waals surface area contributed by atoms with E-state index in [0.717, 1.165) is 45.8 Å². The van der Waals surface area contributed by atoms with Gasteiger partial charge in [-0.3, -0.25) is 4.79 Å². The first-order valence-electron chi connectivity index (χ1n) is 8.25. The van der Waals surface area contributed by atoms with Gasteiger partial charge in [-0.15, -0.1) is 5.10 Å². The van der Waals surface area contributed by atoms with Crippen molar-refractivity contribution in [3.63, 3.8) is 0 Å². The van der Waals surface area contributed by atoms with Gasteiger partial charge < -0.3 is 5.32 Å². The largest absolute Gasteiger partial charge is 0.326 e. The van der Waals surface area contributed by atoms with Crippen LogP contribution in [0.5, 0.6) is 0 Å². The van der Waals surface area contributed by atoms with E-state index in [0.29, 0.717) is 5.78 Å². The van der Waals surface area contributed by atoms with Gasteiger partial charge in [-0.1, -0.05) is 22.9 Å². The van der Waals surface area contributed by atoms with Crippen LogP contribution in [0.1, 0.15) is 36.1 Å². The zero-order valence-corrected chi connectivity index (χ0v) is 16.1. The molecule has 0 radical (unpaired) electrons. The zero-order valence-electron chi connectivity index (χ0n) is 14.5. The minimum Gasteiger partial charge on any atom is -0.326 e. The molecule has 0 spiro atoms. The van der Waals surface area contributed by atoms with Gasteiger partial charge in [0.05, 0.1) is 6.42 Å². The van der Waals surface area contributed by atoms with Crippen LogP contribution in [0.4, 0.5) is 5.69 Å².